The monoisotopic (exact) mass is 252 g/mol. The van der Waals surface area contributed by atoms with Crippen LogP contribution < -0.4 is 5.10 Å². The second-order valence-corrected chi connectivity index (χ2v) is 6.61. The second kappa shape index (κ2) is 4.91. The van der Waals surface area contributed by atoms with Crippen molar-refractivity contribution >= 4 is 11.9 Å². The number of rotatable bonds is 2. The molecule has 3 nitrogen and oxygen atoms in total. The number of hydrogen-bond donors (Lipinski definition) is 0. The summed E-state index contributed by atoms with van der Waals surface area (Å²) in [6, 6.07) is 0.561. The molecule has 0 bridgehead atoms. The van der Waals surface area contributed by atoms with Gasteiger partial charge in [-0.2, -0.15) is 0 Å². The number of hydrogen-bond acceptors (Lipinski definition) is 2. The van der Waals surface area contributed by atoms with E-state index in [1.807, 2.05) is 11.9 Å². The van der Waals surface area contributed by atoms with Gasteiger partial charge in [-0.15, -0.1) is 0 Å². The highest BCUT2D eigenvalue weighted by Gasteiger charge is 2.27. The highest BCUT2D eigenvalue weighted by Crippen LogP contribution is 2.25. The molecule has 0 unspecified atom stereocenters. The van der Waals surface area contributed by atoms with Crippen LogP contribution in [0.15, 0.2) is 6.20 Å². The molecular weight excluding hydrogens is 230 g/mol. The molecule has 17 heavy (non-hydrogen) atoms. The van der Waals surface area contributed by atoms with Gasteiger partial charge >= 0.3 is 6.20 Å². The van der Waals surface area contributed by atoms with Crippen LogP contribution in [0, 0.1) is 6.20 Å². The Morgan fingerprint density at radius 3 is 2.47 bits per heavy atom. The molecule has 1 aliphatic rings. The number of nitrogens with zero attached hydrogens (tertiary/aromatic N) is 3. The largest absolute Gasteiger partial charge is 0.355 e. The Kier molecular flexibility index (Phi) is 3.70. The predicted octanol–water partition coefficient (Wildman–Crippen LogP) is 2.10. The molecule has 1 aromatic heterocycles. The minimum atomic E-state index is 0.151. The van der Waals surface area contributed by atoms with Crippen LogP contribution in [0.3, 0.4) is 0 Å². The van der Waals surface area contributed by atoms with E-state index in [4.69, 9.17) is 0 Å². The van der Waals surface area contributed by atoms with E-state index in [0.717, 1.165) is 13.1 Å². The molecule has 2 heterocycles. The SMILES string of the molecule is CSN1CCC(n2cc(C(C)(C)C)c#[n+]2)CC1. The summed E-state index contributed by atoms with van der Waals surface area (Å²) in [5, 5.41) is 4.42. The molecule has 0 saturated carbocycles. The number of aromatic nitrogens is 2. The lowest BCUT2D eigenvalue weighted by Crippen LogP contribution is -2.32. The normalized spacial score (nSPS) is 19.3. The minimum absolute atomic E-state index is 0.151. The minimum Gasteiger partial charge on any atom is -0.251 e. The summed E-state index contributed by atoms with van der Waals surface area (Å²) in [4.78, 5) is 0. The fourth-order valence-corrected chi connectivity index (χ4v) is 2.72. The van der Waals surface area contributed by atoms with Crippen LogP contribution >= 0.6 is 11.9 Å². The smallest absolute Gasteiger partial charge is 0.251 e. The molecule has 0 aliphatic carbocycles. The zero-order valence-corrected chi connectivity index (χ0v) is 12.0. The first kappa shape index (κ1) is 12.8. The van der Waals surface area contributed by atoms with E-state index >= 15 is 0 Å². The summed E-state index contributed by atoms with van der Waals surface area (Å²) in [6.45, 7) is 8.95. The molecule has 0 radical (unpaired) electrons. The topological polar surface area (TPSA) is 22.3 Å². The molecule has 0 N–H and O–H groups in total. The van der Waals surface area contributed by atoms with Crippen LogP contribution in [0.25, 0.3) is 0 Å². The average molecular weight is 252 g/mol. The van der Waals surface area contributed by atoms with E-state index in [1.54, 1.807) is 0 Å². The Balaban J connectivity index is 2.02. The molecule has 0 amide bonds. The molecule has 1 saturated heterocycles. The van der Waals surface area contributed by atoms with E-state index in [1.165, 1.54) is 18.4 Å². The highest BCUT2D eigenvalue weighted by molar-refractivity contribution is 7.96. The van der Waals surface area contributed by atoms with Crippen LogP contribution in [-0.2, 0) is 5.41 Å². The highest BCUT2D eigenvalue weighted by atomic mass is 32.2. The molecule has 1 aromatic rings. The predicted molar refractivity (Wildman–Crippen MR) is 70.9 cm³/mol. The van der Waals surface area contributed by atoms with Gasteiger partial charge in [0, 0.05) is 18.5 Å². The zero-order valence-electron chi connectivity index (χ0n) is 11.2. The fourth-order valence-electron chi connectivity index (χ4n) is 2.14. The molecule has 0 spiro atoms. The summed E-state index contributed by atoms with van der Waals surface area (Å²) in [6.07, 6.45) is 9.88. The Bertz CT molecular complexity index is 359. The van der Waals surface area contributed by atoms with Crippen molar-refractivity contribution in [3.63, 3.8) is 0 Å². The van der Waals surface area contributed by atoms with Crippen LogP contribution in [0.4, 0.5) is 0 Å². The third-order valence-electron chi connectivity index (χ3n) is 3.41. The molecule has 4 heteroatoms. The van der Waals surface area contributed by atoms with Gasteiger partial charge in [-0.1, -0.05) is 32.7 Å². The lowest BCUT2D eigenvalue weighted by atomic mass is 9.90. The first-order chi connectivity index (χ1) is 8.00. The third-order valence-corrected chi connectivity index (χ3v) is 4.29. The van der Waals surface area contributed by atoms with Crippen molar-refractivity contribution in [1.29, 1.82) is 0 Å². The summed E-state index contributed by atoms with van der Waals surface area (Å²) in [5.41, 5.74) is 1.36. The maximum Gasteiger partial charge on any atom is 0.355 e. The molecule has 2 rings (SSSR count). The fraction of sp³-hybridized carbons (Fsp3) is 0.769. The Morgan fingerprint density at radius 1 is 1.35 bits per heavy atom. The summed E-state index contributed by atoms with van der Waals surface area (Å²) >= 11 is 1.85. The van der Waals surface area contributed by atoms with Gasteiger partial charge in [0.1, 0.15) is 11.6 Å². The van der Waals surface area contributed by atoms with Crippen molar-refractivity contribution in [2.75, 3.05) is 19.3 Å². The molecule has 94 valence electrons. The summed E-state index contributed by atoms with van der Waals surface area (Å²) in [5.74, 6) is 0. The van der Waals surface area contributed by atoms with Crippen LogP contribution in [0.2, 0.25) is 0 Å². The van der Waals surface area contributed by atoms with Crippen molar-refractivity contribution in [2.24, 2.45) is 0 Å². The van der Waals surface area contributed by atoms with E-state index in [2.05, 4.69) is 53.5 Å². The van der Waals surface area contributed by atoms with Crippen molar-refractivity contribution in [3.05, 3.63) is 18.0 Å². The maximum atomic E-state index is 4.42. The Morgan fingerprint density at radius 2 is 2.00 bits per heavy atom. The lowest BCUT2D eigenvalue weighted by molar-refractivity contribution is -0.425. The van der Waals surface area contributed by atoms with E-state index in [0.29, 0.717) is 6.04 Å². The van der Waals surface area contributed by atoms with Gasteiger partial charge in [0.15, 0.2) is 0 Å². The molecular formula is C13H22N3S+. The van der Waals surface area contributed by atoms with Crippen molar-refractivity contribution in [2.45, 2.75) is 45.1 Å². The van der Waals surface area contributed by atoms with E-state index in [9.17, 15) is 0 Å². The van der Waals surface area contributed by atoms with Gasteiger partial charge in [0.05, 0.1) is 11.3 Å². The van der Waals surface area contributed by atoms with Crippen molar-refractivity contribution < 1.29 is 5.10 Å². The first-order valence-electron chi connectivity index (χ1n) is 6.27. The van der Waals surface area contributed by atoms with Crippen LogP contribution in [0.1, 0.15) is 45.2 Å². The van der Waals surface area contributed by atoms with Gasteiger partial charge in [-0.05, 0) is 23.8 Å². The quantitative estimate of drug-likeness (QED) is 0.753. The Labute approximate surface area is 109 Å². The second-order valence-electron chi connectivity index (χ2n) is 5.73. The average Bonchev–Trinajstić information content (AvgIpc) is 2.78. The molecule has 1 fully saturated rings. The standard InChI is InChI=1S/C13H22N3S/c1-13(2,3)11-9-14-16(10-11)12-5-7-15(17-4)8-6-12/h10,12H,5-8H2,1-4H3/q+1. The first-order valence-corrected chi connectivity index (χ1v) is 7.45. The summed E-state index contributed by atoms with van der Waals surface area (Å²) in [7, 11) is 0. The van der Waals surface area contributed by atoms with Gasteiger partial charge in [0.2, 0.25) is 0 Å². The number of piperidine rings is 1. The van der Waals surface area contributed by atoms with E-state index in [-0.39, 0.29) is 5.41 Å². The Hall–Kier alpha value is -0.660. The van der Waals surface area contributed by atoms with Crippen LogP contribution in [0.5, 0.6) is 0 Å². The maximum absolute atomic E-state index is 4.42. The molecule has 0 atom stereocenters. The van der Waals surface area contributed by atoms with Gasteiger partial charge < -0.3 is 0 Å². The van der Waals surface area contributed by atoms with Gasteiger partial charge in [-0.25, -0.2) is 0 Å². The van der Waals surface area contributed by atoms with E-state index < -0.39 is 0 Å². The van der Waals surface area contributed by atoms with Crippen molar-refractivity contribution in [3.8, 4) is 0 Å². The lowest BCUT2D eigenvalue weighted by Gasteiger charge is -2.27. The van der Waals surface area contributed by atoms with Gasteiger partial charge in [0.25, 0.3) is 0 Å². The third kappa shape index (κ3) is 2.97. The zero-order chi connectivity index (χ0) is 12.5. The summed E-state index contributed by atoms with van der Waals surface area (Å²) < 4.78 is 4.55. The van der Waals surface area contributed by atoms with Crippen molar-refractivity contribution in [1.82, 2.24) is 8.99 Å². The van der Waals surface area contributed by atoms with Crippen LogP contribution in [-0.4, -0.2) is 28.3 Å². The molecule has 1 aliphatic heterocycles. The molecule has 0 aromatic carbocycles. The van der Waals surface area contributed by atoms with Gasteiger partial charge in [-0.3, -0.25) is 4.31 Å².